The molecule has 0 radical (unpaired) electrons. The first-order valence-corrected chi connectivity index (χ1v) is 6.71. The first-order chi connectivity index (χ1) is 8.42. The van der Waals surface area contributed by atoms with E-state index in [1.54, 1.807) is 4.90 Å². The maximum absolute atomic E-state index is 12.1. The van der Waals surface area contributed by atoms with Crippen molar-refractivity contribution in [2.24, 2.45) is 0 Å². The van der Waals surface area contributed by atoms with E-state index in [1.807, 2.05) is 27.7 Å². The van der Waals surface area contributed by atoms with Crippen LogP contribution < -0.4 is 5.32 Å². The number of carbonyl (C=O) groups excluding carboxylic acids is 1. The Hall–Kier alpha value is -1.26. The molecule has 18 heavy (non-hydrogen) atoms. The SMILES string of the molecule is CCCC(CC(=O)O)NC(=O)N(CCC)C(C)C. The number of amides is 2. The number of hydrogen-bond donors (Lipinski definition) is 2. The van der Waals surface area contributed by atoms with Crippen LogP contribution in [0.1, 0.15) is 53.4 Å². The van der Waals surface area contributed by atoms with Gasteiger partial charge < -0.3 is 15.3 Å². The van der Waals surface area contributed by atoms with Gasteiger partial charge in [0.25, 0.3) is 0 Å². The molecule has 5 nitrogen and oxygen atoms in total. The zero-order chi connectivity index (χ0) is 14.1. The first-order valence-electron chi connectivity index (χ1n) is 6.71. The van der Waals surface area contributed by atoms with Crippen LogP contribution in [0.15, 0.2) is 0 Å². The number of carboxylic acid groups (broad SMARTS) is 1. The summed E-state index contributed by atoms with van der Waals surface area (Å²) < 4.78 is 0. The molecule has 0 aromatic carbocycles. The lowest BCUT2D eigenvalue weighted by Crippen LogP contribution is -2.48. The summed E-state index contributed by atoms with van der Waals surface area (Å²) in [7, 11) is 0. The van der Waals surface area contributed by atoms with Crippen molar-refractivity contribution < 1.29 is 14.7 Å². The fourth-order valence-electron chi connectivity index (χ4n) is 1.88. The molecule has 0 rings (SSSR count). The van der Waals surface area contributed by atoms with Crippen molar-refractivity contribution in [2.75, 3.05) is 6.54 Å². The Kier molecular flexibility index (Phi) is 8.16. The van der Waals surface area contributed by atoms with Crippen LogP contribution in [0.3, 0.4) is 0 Å². The summed E-state index contributed by atoms with van der Waals surface area (Å²) in [6.07, 6.45) is 2.42. The van der Waals surface area contributed by atoms with Gasteiger partial charge in [-0.25, -0.2) is 4.79 Å². The summed E-state index contributed by atoms with van der Waals surface area (Å²) in [5.41, 5.74) is 0. The smallest absolute Gasteiger partial charge is 0.317 e. The second-order valence-electron chi connectivity index (χ2n) is 4.82. The van der Waals surface area contributed by atoms with E-state index in [4.69, 9.17) is 5.11 Å². The molecule has 0 aliphatic carbocycles. The fourth-order valence-corrected chi connectivity index (χ4v) is 1.88. The number of rotatable bonds is 8. The van der Waals surface area contributed by atoms with Gasteiger partial charge in [-0.1, -0.05) is 20.3 Å². The van der Waals surface area contributed by atoms with Crippen LogP contribution in [0.25, 0.3) is 0 Å². The highest BCUT2D eigenvalue weighted by molar-refractivity contribution is 5.76. The Morgan fingerprint density at radius 1 is 1.22 bits per heavy atom. The lowest BCUT2D eigenvalue weighted by molar-refractivity contribution is -0.137. The molecule has 106 valence electrons. The van der Waals surface area contributed by atoms with Crippen LogP contribution in [0.4, 0.5) is 4.79 Å². The van der Waals surface area contributed by atoms with E-state index in [0.717, 1.165) is 12.8 Å². The minimum absolute atomic E-state index is 0.0162. The van der Waals surface area contributed by atoms with Crippen molar-refractivity contribution in [1.82, 2.24) is 10.2 Å². The number of nitrogens with zero attached hydrogens (tertiary/aromatic N) is 1. The summed E-state index contributed by atoms with van der Waals surface area (Å²) in [6, 6.07) is -0.318. The van der Waals surface area contributed by atoms with Crippen molar-refractivity contribution in [1.29, 1.82) is 0 Å². The molecule has 0 saturated carbocycles. The Balaban J connectivity index is 4.49. The Bertz CT molecular complexity index is 267. The third-order valence-corrected chi connectivity index (χ3v) is 2.73. The van der Waals surface area contributed by atoms with E-state index in [2.05, 4.69) is 5.32 Å². The number of urea groups is 1. The van der Waals surface area contributed by atoms with Crippen molar-refractivity contribution in [3.05, 3.63) is 0 Å². The Labute approximate surface area is 110 Å². The van der Waals surface area contributed by atoms with Gasteiger partial charge >= 0.3 is 12.0 Å². The second-order valence-corrected chi connectivity index (χ2v) is 4.82. The highest BCUT2D eigenvalue weighted by Crippen LogP contribution is 2.06. The van der Waals surface area contributed by atoms with Crippen LogP contribution in [-0.4, -0.2) is 40.6 Å². The van der Waals surface area contributed by atoms with Crippen LogP contribution in [0.2, 0.25) is 0 Å². The van der Waals surface area contributed by atoms with Gasteiger partial charge in [0, 0.05) is 18.6 Å². The maximum atomic E-state index is 12.1. The van der Waals surface area contributed by atoms with Gasteiger partial charge in [-0.15, -0.1) is 0 Å². The standard InChI is InChI=1S/C13H26N2O3/c1-5-7-11(9-12(16)17)14-13(18)15(8-6-2)10(3)4/h10-11H,5-9H2,1-4H3,(H,14,18)(H,16,17). The first kappa shape index (κ1) is 16.7. The molecular formula is C13H26N2O3. The topological polar surface area (TPSA) is 69.6 Å². The molecule has 0 aromatic heterocycles. The minimum Gasteiger partial charge on any atom is -0.481 e. The van der Waals surface area contributed by atoms with Gasteiger partial charge in [0.2, 0.25) is 0 Å². The number of nitrogens with one attached hydrogen (secondary N) is 1. The van der Waals surface area contributed by atoms with E-state index >= 15 is 0 Å². The monoisotopic (exact) mass is 258 g/mol. The zero-order valence-corrected chi connectivity index (χ0v) is 11.9. The van der Waals surface area contributed by atoms with Crippen LogP contribution >= 0.6 is 0 Å². The third kappa shape index (κ3) is 6.47. The molecule has 0 bridgehead atoms. The van der Waals surface area contributed by atoms with Crippen molar-refractivity contribution in [2.45, 2.75) is 65.5 Å². The maximum Gasteiger partial charge on any atom is 0.317 e. The fraction of sp³-hybridized carbons (Fsp3) is 0.846. The molecule has 0 aromatic rings. The second kappa shape index (κ2) is 8.78. The molecule has 0 spiro atoms. The van der Waals surface area contributed by atoms with Crippen molar-refractivity contribution in [3.8, 4) is 0 Å². The van der Waals surface area contributed by atoms with E-state index in [9.17, 15) is 9.59 Å². The van der Waals surface area contributed by atoms with Crippen molar-refractivity contribution in [3.63, 3.8) is 0 Å². The molecule has 1 unspecified atom stereocenters. The molecule has 0 aliphatic rings. The van der Waals surface area contributed by atoms with Crippen molar-refractivity contribution >= 4 is 12.0 Å². The Morgan fingerprint density at radius 2 is 1.83 bits per heavy atom. The summed E-state index contributed by atoms with van der Waals surface area (Å²) in [5.74, 6) is -0.875. The number of hydrogen-bond acceptors (Lipinski definition) is 2. The summed E-state index contributed by atoms with van der Waals surface area (Å²) >= 11 is 0. The molecule has 0 aliphatic heterocycles. The summed E-state index contributed by atoms with van der Waals surface area (Å²) in [5, 5.41) is 11.6. The average molecular weight is 258 g/mol. The van der Waals surface area contributed by atoms with Gasteiger partial charge in [-0.2, -0.15) is 0 Å². The molecule has 0 fully saturated rings. The lowest BCUT2D eigenvalue weighted by atomic mass is 10.1. The van der Waals surface area contributed by atoms with Gasteiger partial charge in [0.05, 0.1) is 6.42 Å². The lowest BCUT2D eigenvalue weighted by Gasteiger charge is -2.28. The van der Waals surface area contributed by atoms with Gasteiger partial charge in [-0.05, 0) is 26.7 Å². The van der Waals surface area contributed by atoms with Crippen LogP contribution in [0.5, 0.6) is 0 Å². The van der Waals surface area contributed by atoms with Gasteiger partial charge in [0.1, 0.15) is 0 Å². The van der Waals surface area contributed by atoms with Crippen LogP contribution in [-0.2, 0) is 4.79 Å². The normalized spacial score (nSPS) is 12.3. The zero-order valence-electron chi connectivity index (χ0n) is 11.9. The molecule has 2 N–H and O–H groups in total. The molecule has 0 saturated heterocycles. The largest absolute Gasteiger partial charge is 0.481 e. The van der Waals surface area contributed by atoms with Gasteiger partial charge in [0.15, 0.2) is 0 Å². The minimum atomic E-state index is -0.875. The predicted octanol–water partition coefficient (Wildman–Crippen LogP) is 2.46. The molecular weight excluding hydrogens is 232 g/mol. The molecule has 2 amide bonds. The summed E-state index contributed by atoms with van der Waals surface area (Å²) in [4.78, 5) is 24.5. The highest BCUT2D eigenvalue weighted by Gasteiger charge is 2.20. The predicted molar refractivity (Wildman–Crippen MR) is 71.6 cm³/mol. The van der Waals surface area contributed by atoms with Crippen LogP contribution in [0, 0.1) is 0 Å². The quantitative estimate of drug-likeness (QED) is 0.702. The molecule has 0 heterocycles. The highest BCUT2D eigenvalue weighted by atomic mass is 16.4. The van der Waals surface area contributed by atoms with E-state index < -0.39 is 5.97 Å². The number of aliphatic carboxylic acids is 1. The number of carbonyl (C=O) groups is 2. The van der Waals surface area contributed by atoms with E-state index in [1.165, 1.54) is 0 Å². The molecule has 1 atom stereocenters. The van der Waals surface area contributed by atoms with Gasteiger partial charge in [-0.3, -0.25) is 4.79 Å². The third-order valence-electron chi connectivity index (χ3n) is 2.73. The van der Waals surface area contributed by atoms with E-state index in [0.29, 0.717) is 13.0 Å². The van der Waals surface area contributed by atoms with E-state index in [-0.39, 0.29) is 24.5 Å². The summed E-state index contributed by atoms with van der Waals surface area (Å²) in [6.45, 7) is 8.61. The number of carboxylic acids is 1. The Morgan fingerprint density at radius 3 is 2.22 bits per heavy atom. The molecule has 5 heteroatoms. The average Bonchev–Trinajstić information content (AvgIpc) is 2.24.